The van der Waals surface area contributed by atoms with Crippen molar-refractivity contribution in [1.29, 1.82) is 0 Å². The Hall–Kier alpha value is -2.64. The van der Waals surface area contributed by atoms with E-state index >= 15 is 0 Å². The SMILES string of the molecule is CCCCCOC(=O)CCC(=O)OCc1ccc([N+](=O)[O-])c(OC)c1. The molecule has 1 aromatic rings. The van der Waals surface area contributed by atoms with E-state index in [0.717, 1.165) is 19.3 Å². The zero-order valence-electron chi connectivity index (χ0n) is 14.5. The molecule has 0 saturated carbocycles. The van der Waals surface area contributed by atoms with E-state index in [9.17, 15) is 19.7 Å². The summed E-state index contributed by atoms with van der Waals surface area (Å²) in [4.78, 5) is 33.4. The molecule has 1 rings (SSSR count). The number of nitro groups is 1. The van der Waals surface area contributed by atoms with Crippen molar-refractivity contribution in [3.63, 3.8) is 0 Å². The smallest absolute Gasteiger partial charge is 0.310 e. The van der Waals surface area contributed by atoms with E-state index in [0.29, 0.717) is 12.2 Å². The molecule has 0 fully saturated rings. The van der Waals surface area contributed by atoms with Gasteiger partial charge in [0.2, 0.25) is 0 Å². The van der Waals surface area contributed by atoms with Crippen molar-refractivity contribution in [3.8, 4) is 5.75 Å². The third-order valence-corrected chi connectivity index (χ3v) is 3.38. The van der Waals surface area contributed by atoms with E-state index in [1.165, 1.54) is 25.3 Å². The number of methoxy groups -OCH3 is 1. The number of carbonyl (C=O) groups excluding carboxylic acids is 2. The average Bonchev–Trinajstić information content (AvgIpc) is 2.61. The van der Waals surface area contributed by atoms with Crippen LogP contribution in [0.4, 0.5) is 5.69 Å². The van der Waals surface area contributed by atoms with Crippen molar-refractivity contribution >= 4 is 17.6 Å². The van der Waals surface area contributed by atoms with E-state index < -0.39 is 16.9 Å². The number of benzene rings is 1. The first kappa shape index (κ1) is 20.4. The number of carbonyl (C=O) groups is 2. The Labute approximate surface area is 146 Å². The number of hydrogen-bond donors (Lipinski definition) is 0. The molecule has 1 aromatic carbocycles. The first-order valence-corrected chi connectivity index (χ1v) is 8.10. The summed E-state index contributed by atoms with van der Waals surface area (Å²) >= 11 is 0. The predicted octanol–water partition coefficient (Wildman–Crippen LogP) is 3.16. The number of nitrogens with zero attached hydrogens (tertiary/aromatic N) is 1. The Balaban J connectivity index is 2.36. The van der Waals surface area contributed by atoms with Crippen LogP contribution in [0.1, 0.15) is 44.6 Å². The summed E-state index contributed by atoms with van der Waals surface area (Å²) in [6.45, 7) is 2.36. The molecule has 138 valence electrons. The molecule has 8 heteroatoms. The lowest BCUT2D eigenvalue weighted by molar-refractivity contribution is -0.385. The number of hydrogen-bond acceptors (Lipinski definition) is 7. The summed E-state index contributed by atoms with van der Waals surface area (Å²) < 4.78 is 15.0. The molecule has 0 aliphatic heterocycles. The van der Waals surface area contributed by atoms with Gasteiger partial charge in [-0.2, -0.15) is 0 Å². The fourth-order valence-electron chi connectivity index (χ4n) is 2.01. The maximum absolute atomic E-state index is 11.7. The van der Waals surface area contributed by atoms with Crippen molar-refractivity contribution in [2.75, 3.05) is 13.7 Å². The highest BCUT2D eigenvalue weighted by Gasteiger charge is 2.15. The number of rotatable bonds is 11. The molecule has 0 aliphatic rings. The Morgan fingerprint density at radius 2 is 1.80 bits per heavy atom. The van der Waals surface area contributed by atoms with Crippen LogP contribution >= 0.6 is 0 Å². The molecule has 0 heterocycles. The van der Waals surface area contributed by atoms with E-state index in [2.05, 4.69) is 6.92 Å². The molecule has 0 bridgehead atoms. The molecular weight excluding hydrogens is 330 g/mol. The second-order valence-corrected chi connectivity index (χ2v) is 5.35. The van der Waals surface area contributed by atoms with Gasteiger partial charge in [0.05, 0.1) is 31.5 Å². The summed E-state index contributed by atoms with van der Waals surface area (Å²) in [6.07, 6.45) is 2.74. The van der Waals surface area contributed by atoms with Crippen molar-refractivity contribution in [2.45, 2.75) is 45.6 Å². The minimum absolute atomic E-state index is 0.0332. The lowest BCUT2D eigenvalue weighted by Gasteiger charge is -2.07. The highest BCUT2D eigenvalue weighted by molar-refractivity contribution is 5.77. The van der Waals surface area contributed by atoms with E-state index in [4.69, 9.17) is 14.2 Å². The molecule has 8 nitrogen and oxygen atoms in total. The largest absolute Gasteiger partial charge is 0.490 e. The van der Waals surface area contributed by atoms with Crippen molar-refractivity contribution < 1.29 is 28.7 Å². The first-order chi connectivity index (χ1) is 12.0. The Morgan fingerprint density at radius 3 is 2.40 bits per heavy atom. The van der Waals surface area contributed by atoms with Gasteiger partial charge in [-0.3, -0.25) is 19.7 Å². The monoisotopic (exact) mass is 353 g/mol. The molecular formula is C17H23NO7. The van der Waals surface area contributed by atoms with Gasteiger partial charge in [0.15, 0.2) is 5.75 Å². The maximum Gasteiger partial charge on any atom is 0.310 e. The van der Waals surface area contributed by atoms with Crippen molar-refractivity contribution in [3.05, 3.63) is 33.9 Å². The lowest BCUT2D eigenvalue weighted by Crippen LogP contribution is -2.11. The molecule has 0 atom stereocenters. The molecule has 0 radical (unpaired) electrons. The van der Waals surface area contributed by atoms with Crippen LogP contribution in [0.25, 0.3) is 0 Å². The molecule has 0 aliphatic carbocycles. The second-order valence-electron chi connectivity index (χ2n) is 5.35. The molecule has 0 amide bonds. The number of nitro benzene ring substituents is 1. The van der Waals surface area contributed by atoms with E-state index in [1.807, 2.05) is 0 Å². The van der Waals surface area contributed by atoms with Crippen LogP contribution in [0.5, 0.6) is 5.75 Å². The topological polar surface area (TPSA) is 105 Å². The van der Waals surface area contributed by atoms with Gasteiger partial charge in [-0.25, -0.2) is 0 Å². The summed E-state index contributed by atoms with van der Waals surface area (Å²) in [5, 5.41) is 10.8. The van der Waals surface area contributed by atoms with Crippen LogP contribution in [0.3, 0.4) is 0 Å². The highest BCUT2D eigenvalue weighted by atomic mass is 16.6. The van der Waals surface area contributed by atoms with Gasteiger partial charge in [-0.1, -0.05) is 19.8 Å². The minimum atomic E-state index is -0.555. The minimum Gasteiger partial charge on any atom is -0.490 e. The zero-order valence-corrected chi connectivity index (χ0v) is 14.5. The third kappa shape index (κ3) is 7.65. The van der Waals surface area contributed by atoms with Gasteiger partial charge in [0.1, 0.15) is 6.61 Å². The van der Waals surface area contributed by atoms with E-state index in [-0.39, 0.29) is 30.9 Å². The van der Waals surface area contributed by atoms with Crippen LogP contribution in [0, 0.1) is 10.1 Å². The molecule has 0 unspecified atom stereocenters. The predicted molar refractivity (Wildman–Crippen MR) is 89.2 cm³/mol. The maximum atomic E-state index is 11.7. The molecule has 0 saturated heterocycles. The summed E-state index contributed by atoms with van der Waals surface area (Å²) in [5.41, 5.74) is 0.390. The quantitative estimate of drug-likeness (QED) is 0.260. The van der Waals surface area contributed by atoms with Crippen molar-refractivity contribution in [2.24, 2.45) is 0 Å². The number of esters is 2. The van der Waals surface area contributed by atoms with Gasteiger partial charge in [0.25, 0.3) is 0 Å². The molecule has 0 N–H and O–H groups in total. The fourth-order valence-corrected chi connectivity index (χ4v) is 2.01. The normalized spacial score (nSPS) is 10.2. The fraction of sp³-hybridized carbons (Fsp3) is 0.529. The Morgan fingerprint density at radius 1 is 1.12 bits per heavy atom. The van der Waals surface area contributed by atoms with Gasteiger partial charge >= 0.3 is 17.6 Å². The van der Waals surface area contributed by atoms with Gasteiger partial charge in [-0.05, 0) is 24.1 Å². The molecule has 25 heavy (non-hydrogen) atoms. The summed E-state index contributed by atoms with van der Waals surface area (Å²) in [5.74, 6) is -0.873. The number of unbranched alkanes of at least 4 members (excludes halogenated alkanes) is 2. The second kappa shape index (κ2) is 11.0. The van der Waals surface area contributed by atoms with Gasteiger partial charge < -0.3 is 14.2 Å². The zero-order chi connectivity index (χ0) is 18.7. The summed E-state index contributed by atoms with van der Waals surface area (Å²) in [7, 11) is 1.32. The van der Waals surface area contributed by atoms with Crippen LogP contribution in [0.15, 0.2) is 18.2 Å². The van der Waals surface area contributed by atoms with Crippen LogP contribution in [-0.2, 0) is 25.7 Å². The van der Waals surface area contributed by atoms with Crippen molar-refractivity contribution in [1.82, 2.24) is 0 Å². The molecule has 0 aromatic heterocycles. The highest BCUT2D eigenvalue weighted by Crippen LogP contribution is 2.27. The standard InChI is InChI=1S/C17H23NO7/c1-3-4-5-10-24-16(19)8-9-17(20)25-12-13-6-7-14(18(21)22)15(11-13)23-2/h6-7,11H,3-5,8-10,12H2,1-2H3. The number of ether oxygens (including phenoxy) is 3. The third-order valence-electron chi connectivity index (χ3n) is 3.38. The van der Waals surface area contributed by atoms with Gasteiger partial charge in [-0.15, -0.1) is 0 Å². The molecule has 0 spiro atoms. The van der Waals surface area contributed by atoms with E-state index in [1.54, 1.807) is 0 Å². The Kier molecular flexibility index (Phi) is 8.99. The van der Waals surface area contributed by atoms with Gasteiger partial charge in [0, 0.05) is 6.07 Å². The lowest BCUT2D eigenvalue weighted by atomic mass is 10.2. The van der Waals surface area contributed by atoms with Crippen LogP contribution in [0.2, 0.25) is 0 Å². The van der Waals surface area contributed by atoms with Crippen LogP contribution < -0.4 is 4.74 Å². The van der Waals surface area contributed by atoms with Crippen LogP contribution in [-0.4, -0.2) is 30.6 Å². The Bertz CT molecular complexity index is 601. The summed E-state index contributed by atoms with van der Waals surface area (Å²) in [6, 6.07) is 4.21. The average molecular weight is 353 g/mol. The first-order valence-electron chi connectivity index (χ1n) is 8.10.